The smallest absolute Gasteiger partial charge is 0.150 e. The fourth-order valence-corrected chi connectivity index (χ4v) is 4.56. The number of rotatable bonds is 1. The second-order valence-electron chi connectivity index (χ2n) is 6.06. The summed E-state index contributed by atoms with van der Waals surface area (Å²) in [6, 6.07) is 10.5. The van der Waals surface area contributed by atoms with Crippen LogP contribution in [0.2, 0.25) is 0 Å². The van der Waals surface area contributed by atoms with Crippen LogP contribution in [0.15, 0.2) is 36.7 Å². The largest absolute Gasteiger partial charge is 0.355 e. The molecule has 4 nitrogen and oxygen atoms in total. The Bertz CT molecular complexity index is 1020. The average Bonchev–Trinajstić information content (AvgIpc) is 2.98. The monoisotopic (exact) mass is 320 g/mol. The molecule has 0 spiro atoms. The molecular weight excluding hydrogens is 304 g/mol. The van der Waals surface area contributed by atoms with Gasteiger partial charge >= 0.3 is 0 Å². The molecule has 0 N–H and O–H groups in total. The van der Waals surface area contributed by atoms with Gasteiger partial charge < -0.3 is 4.90 Å². The van der Waals surface area contributed by atoms with E-state index in [0.717, 1.165) is 45.5 Å². The van der Waals surface area contributed by atoms with Crippen LogP contribution in [0.4, 0.5) is 5.82 Å². The fourth-order valence-electron chi connectivity index (χ4n) is 3.42. The molecule has 1 saturated heterocycles. The predicted molar refractivity (Wildman–Crippen MR) is 96.3 cm³/mol. The van der Waals surface area contributed by atoms with Gasteiger partial charge in [0, 0.05) is 23.9 Å². The van der Waals surface area contributed by atoms with Crippen LogP contribution in [-0.2, 0) is 0 Å². The standard InChI is InChI=1S/C18H16N4S/c1-4-8-22(9-5-1)17-16-15(19-11-20-17)13-10-12-6-2-3-7-14(12)21-18(13)23-16/h2-3,6-7,10-11H,1,4-5,8-9H2. The quantitative estimate of drug-likeness (QED) is 0.522. The highest BCUT2D eigenvalue weighted by Crippen LogP contribution is 2.38. The molecule has 3 aromatic heterocycles. The van der Waals surface area contributed by atoms with Crippen molar-refractivity contribution in [2.75, 3.05) is 18.0 Å². The predicted octanol–water partition coefficient (Wildman–Crippen LogP) is 4.38. The van der Waals surface area contributed by atoms with Gasteiger partial charge in [-0.05, 0) is 31.4 Å². The Morgan fingerprint density at radius 1 is 1.00 bits per heavy atom. The van der Waals surface area contributed by atoms with Crippen LogP contribution in [-0.4, -0.2) is 28.0 Å². The van der Waals surface area contributed by atoms with Gasteiger partial charge in [-0.1, -0.05) is 18.2 Å². The van der Waals surface area contributed by atoms with E-state index in [4.69, 9.17) is 4.98 Å². The van der Waals surface area contributed by atoms with Crippen LogP contribution >= 0.6 is 11.3 Å². The van der Waals surface area contributed by atoms with Crippen molar-refractivity contribution < 1.29 is 0 Å². The van der Waals surface area contributed by atoms with E-state index in [1.54, 1.807) is 17.7 Å². The third-order valence-corrected chi connectivity index (χ3v) is 5.67. The van der Waals surface area contributed by atoms with E-state index in [0.29, 0.717) is 0 Å². The lowest BCUT2D eigenvalue weighted by molar-refractivity contribution is 0.575. The van der Waals surface area contributed by atoms with Crippen LogP contribution in [0.1, 0.15) is 19.3 Å². The SMILES string of the molecule is c1ccc2nc3sc4c(N5CCCCC5)ncnc4c3cc2c1. The van der Waals surface area contributed by atoms with Crippen LogP contribution in [0.3, 0.4) is 0 Å². The zero-order valence-corrected chi connectivity index (χ0v) is 13.5. The van der Waals surface area contributed by atoms with Gasteiger partial charge in [0.25, 0.3) is 0 Å². The Labute approximate surface area is 137 Å². The van der Waals surface area contributed by atoms with Crippen molar-refractivity contribution in [1.29, 1.82) is 0 Å². The lowest BCUT2D eigenvalue weighted by Crippen LogP contribution is -2.30. The number of piperidine rings is 1. The lowest BCUT2D eigenvalue weighted by atomic mass is 10.1. The zero-order chi connectivity index (χ0) is 15.2. The first kappa shape index (κ1) is 13.2. The van der Waals surface area contributed by atoms with E-state index in [9.17, 15) is 0 Å². The molecule has 114 valence electrons. The van der Waals surface area contributed by atoms with Crippen LogP contribution in [0, 0.1) is 0 Å². The molecule has 1 aromatic carbocycles. The molecule has 0 radical (unpaired) electrons. The normalized spacial score (nSPS) is 15.7. The average molecular weight is 320 g/mol. The summed E-state index contributed by atoms with van der Waals surface area (Å²) >= 11 is 1.72. The molecule has 0 aliphatic carbocycles. The van der Waals surface area contributed by atoms with Crippen molar-refractivity contribution in [3.8, 4) is 0 Å². The summed E-state index contributed by atoms with van der Waals surface area (Å²) in [5.74, 6) is 1.08. The van der Waals surface area contributed by atoms with E-state index in [-0.39, 0.29) is 0 Å². The van der Waals surface area contributed by atoms with Crippen molar-refractivity contribution >= 4 is 48.5 Å². The number of pyridine rings is 1. The van der Waals surface area contributed by atoms with Gasteiger partial charge in [0.05, 0.1) is 15.7 Å². The fraction of sp³-hybridized carbons (Fsp3) is 0.278. The number of fused-ring (bicyclic) bond motifs is 4. The topological polar surface area (TPSA) is 41.9 Å². The molecule has 5 heteroatoms. The minimum Gasteiger partial charge on any atom is -0.355 e. The van der Waals surface area contributed by atoms with Crippen molar-refractivity contribution in [2.45, 2.75) is 19.3 Å². The Kier molecular flexibility index (Phi) is 2.94. The number of nitrogens with zero attached hydrogens (tertiary/aromatic N) is 4. The molecule has 0 unspecified atom stereocenters. The van der Waals surface area contributed by atoms with E-state index in [2.05, 4.69) is 39.1 Å². The summed E-state index contributed by atoms with van der Waals surface area (Å²) in [5.41, 5.74) is 2.08. The minimum atomic E-state index is 1.04. The number of anilines is 1. The first-order valence-electron chi connectivity index (χ1n) is 8.08. The molecule has 0 atom stereocenters. The van der Waals surface area contributed by atoms with Crippen molar-refractivity contribution in [2.24, 2.45) is 0 Å². The van der Waals surface area contributed by atoms with Crippen molar-refractivity contribution in [3.05, 3.63) is 36.7 Å². The molecule has 0 saturated carbocycles. The highest BCUT2D eigenvalue weighted by molar-refractivity contribution is 7.26. The Hall–Kier alpha value is -2.27. The second-order valence-corrected chi connectivity index (χ2v) is 7.06. The third-order valence-electron chi connectivity index (χ3n) is 4.58. The molecule has 1 fully saturated rings. The maximum absolute atomic E-state index is 4.83. The van der Waals surface area contributed by atoms with E-state index in [1.807, 2.05) is 6.07 Å². The van der Waals surface area contributed by atoms with Crippen molar-refractivity contribution in [1.82, 2.24) is 15.0 Å². The summed E-state index contributed by atoms with van der Waals surface area (Å²) < 4.78 is 1.17. The third kappa shape index (κ3) is 2.07. The minimum absolute atomic E-state index is 1.04. The maximum Gasteiger partial charge on any atom is 0.150 e. The molecule has 1 aliphatic rings. The van der Waals surface area contributed by atoms with Crippen LogP contribution in [0.5, 0.6) is 0 Å². The molecule has 4 heterocycles. The van der Waals surface area contributed by atoms with Gasteiger partial charge in [-0.3, -0.25) is 0 Å². The molecule has 1 aliphatic heterocycles. The van der Waals surface area contributed by atoms with Gasteiger partial charge in [-0.25, -0.2) is 15.0 Å². The number of thiophene rings is 1. The second kappa shape index (κ2) is 5.13. The summed E-state index contributed by atoms with van der Waals surface area (Å²) in [6.07, 6.45) is 5.52. The first-order chi connectivity index (χ1) is 11.4. The molecular formula is C18H16N4S. The number of hydrogen-bond acceptors (Lipinski definition) is 5. The molecule has 23 heavy (non-hydrogen) atoms. The van der Waals surface area contributed by atoms with Gasteiger partial charge in [0.1, 0.15) is 17.0 Å². The number of para-hydroxylation sites is 1. The van der Waals surface area contributed by atoms with E-state index >= 15 is 0 Å². The molecule has 0 amide bonds. The van der Waals surface area contributed by atoms with Gasteiger partial charge in [0.15, 0.2) is 0 Å². The van der Waals surface area contributed by atoms with E-state index in [1.165, 1.54) is 24.0 Å². The van der Waals surface area contributed by atoms with Gasteiger partial charge in [0.2, 0.25) is 0 Å². The Balaban J connectivity index is 1.79. The number of benzene rings is 1. The molecule has 0 bridgehead atoms. The zero-order valence-electron chi connectivity index (χ0n) is 12.7. The highest BCUT2D eigenvalue weighted by atomic mass is 32.1. The maximum atomic E-state index is 4.83. The van der Waals surface area contributed by atoms with E-state index < -0.39 is 0 Å². The van der Waals surface area contributed by atoms with Crippen LogP contribution < -0.4 is 4.90 Å². The van der Waals surface area contributed by atoms with Crippen molar-refractivity contribution in [3.63, 3.8) is 0 Å². The van der Waals surface area contributed by atoms with Crippen LogP contribution in [0.25, 0.3) is 31.3 Å². The summed E-state index contributed by atoms with van der Waals surface area (Å²) in [5, 5.41) is 2.31. The number of hydrogen-bond donors (Lipinski definition) is 0. The Morgan fingerprint density at radius 2 is 1.87 bits per heavy atom. The summed E-state index contributed by atoms with van der Waals surface area (Å²) in [6.45, 7) is 2.19. The first-order valence-corrected chi connectivity index (χ1v) is 8.90. The molecule has 5 rings (SSSR count). The van der Waals surface area contributed by atoms with Gasteiger partial charge in [-0.15, -0.1) is 11.3 Å². The summed E-state index contributed by atoms with van der Waals surface area (Å²) in [4.78, 5) is 17.4. The Morgan fingerprint density at radius 3 is 2.78 bits per heavy atom. The summed E-state index contributed by atoms with van der Waals surface area (Å²) in [7, 11) is 0. The highest BCUT2D eigenvalue weighted by Gasteiger charge is 2.19. The lowest BCUT2D eigenvalue weighted by Gasteiger charge is -2.27. The number of aromatic nitrogens is 3. The molecule has 4 aromatic rings. The van der Waals surface area contributed by atoms with Gasteiger partial charge in [-0.2, -0.15) is 0 Å².